The third-order valence-electron chi connectivity index (χ3n) is 2.30. The molecular weight excluding hydrogens is 341 g/mol. The maximum Gasteiger partial charge on any atom is 0.573 e. The number of rotatable bonds is 6. The van der Waals surface area contributed by atoms with Crippen molar-refractivity contribution in [3.63, 3.8) is 0 Å². The Labute approximate surface area is 122 Å². The summed E-state index contributed by atoms with van der Waals surface area (Å²) in [5, 5.41) is 2.39. The van der Waals surface area contributed by atoms with Crippen molar-refractivity contribution in [1.82, 2.24) is 0 Å². The highest BCUT2D eigenvalue weighted by molar-refractivity contribution is 9.10. The predicted octanol–water partition coefficient (Wildman–Crippen LogP) is 3.42. The second kappa shape index (κ2) is 7.49. The average Bonchev–Trinajstić information content (AvgIpc) is 2.31. The zero-order valence-electron chi connectivity index (χ0n) is 10.5. The smallest absolute Gasteiger partial charge is 0.404 e. The van der Waals surface area contributed by atoms with Crippen molar-refractivity contribution in [3.8, 4) is 5.75 Å². The minimum Gasteiger partial charge on any atom is -0.404 e. The van der Waals surface area contributed by atoms with Gasteiger partial charge in [-0.3, -0.25) is 4.79 Å². The first kappa shape index (κ1) is 16.8. The predicted molar refractivity (Wildman–Crippen MR) is 72.4 cm³/mol. The van der Waals surface area contributed by atoms with Crippen LogP contribution in [0, 0.1) is 0 Å². The lowest BCUT2D eigenvalue weighted by molar-refractivity contribution is -0.274. The number of alkyl halides is 3. The first-order valence-corrected chi connectivity index (χ1v) is 6.66. The molecule has 0 saturated carbocycles. The molecule has 1 rings (SSSR count). The Balaban J connectivity index is 2.76. The summed E-state index contributed by atoms with van der Waals surface area (Å²) in [6.45, 7) is 0.466. The summed E-state index contributed by atoms with van der Waals surface area (Å²) >= 11 is 3.05. The van der Waals surface area contributed by atoms with E-state index in [1.807, 2.05) is 0 Å². The van der Waals surface area contributed by atoms with Crippen LogP contribution in [0.5, 0.6) is 5.75 Å². The van der Waals surface area contributed by atoms with Crippen LogP contribution in [0.3, 0.4) is 0 Å². The Morgan fingerprint density at radius 2 is 2.05 bits per heavy atom. The number of anilines is 1. The zero-order valence-corrected chi connectivity index (χ0v) is 12.1. The zero-order chi connectivity index (χ0) is 15.2. The standard InChI is InChI=1S/C12H14BrF3N2O2/c13-8-4-5-9(10(7-8)20-12(14,15)16)18-11(19)3-1-2-6-17/h4-5,7H,1-3,6,17H2,(H,18,19). The van der Waals surface area contributed by atoms with Crippen molar-refractivity contribution in [3.05, 3.63) is 22.7 Å². The lowest BCUT2D eigenvalue weighted by atomic mass is 10.2. The van der Waals surface area contributed by atoms with Crippen molar-refractivity contribution >= 4 is 27.5 Å². The molecule has 3 N–H and O–H groups in total. The summed E-state index contributed by atoms with van der Waals surface area (Å²) in [5.74, 6) is -0.841. The fraction of sp³-hybridized carbons (Fsp3) is 0.417. The number of nitrogens with two attached hydrogens (primary N) is 1. The Morgan fingerprint density at radius 1 is 1.35 bits per heavy atom. The van der Waals surface area contributed by atoms with Crippen LogP contribution >= 0.6 is 15.9 Å². The molecular formula is C12H14BrF3N2O2. The van der Waals surface area contributed by atoms with E-state index in [1.54, 1.807) is 0 Å². The molecule has 20 heavy (non-hydrogen) atoms. The van der Waals surface area contributed by atoms with E-state index in [2.05, 4.69) is 26.0 Å². The number of hydrogen-bond donors (Lipinski definition) is 2. The average molecular weight is 355 g/mol. The topological polar surface area (TPSA) is 64.4 Å². The van der Waals surface area contributed by atoms with Crippen molar-refractivity contribution < 1.29 is 22.7 Å². The van der Waals surface area contributed by atoms with E-state index in [9.17, 15) is 18.0 Å². The minimum atomic E-state index is -4.82. The van der Waals surface area contributed by atoms with Gasteiger partial charge in [-0.05, 0) is 37.6 Å². The number of carbonyl (C=O) groups excluding carboxylic acids is 1. The van der Waals surface area contributed by atoms with E-state index in [4.69, 9.17) is 5.73 Å². The van der Waals surface area contributed by atoms with Gasteiger partial charge in [0.2, 0.25) is 5.91 Å². The van der Waals surface area contributed by atoms with Gasteiger partial charge in [0.25, 0.3) is 0 Å². The molecule has 1 aromatic carbocycles. The van der Waals surface area contributed by atoms with Gasteiger partial charge >= 0.3 is 6.36 Å². The lowest BCUT2D eigenvalue weighted by Gasteiger charge is -2.14. The Bertz CT molecular complexity index is 467. The summed E-state index contributed by atoms with van der Waals surface area (Å²) < 4.78 is 41.1. The minimum absolute atomic E-state index is 0.0247. The molecule has 112 valence electrons. The maximum absolute atomic E-state index is 12.3. The number of halogens is 4. The van der Waals surface area contributed by atoms with E-state index in [0.29, 0.717) is 23.9 Å². The van der Waals surface area contributed by atoms with Gasteiger partial charge in [-0.15, -0.1) is 13.2 Å². The summed E-state index contributed by atoms with van der Waals surface area (Å²) in [5.41, 5.74) is 5.27. The fourth-order valence-corrected chi connectivity index (χ4v) is 1.79. The third-order valence-corrected chi connectivity index (χ3v) is 2.79. The van der Waals surface area contributed by atoms with E-state index in [-0.39, 0.29) is 18.0 Å². The summed E-state index contributed by atoms with van der Waals surface area (Å²) in [7, 11) is 0. The van der Waals surface area contributed by atoms with Crippen LogP contribution in [0.2, 0.25) is 0 Å². The number of ether oxygens (including phenoxy) is 1. The molecule has 8 heteroatoms. The molecule has 0 heterocycles. The molecule has 1 aromatic rings. The summed E-state index contributed by atoms with van der Waals surface area (Å²) in [4.78, 5) is 11.6. The maximum atomic E-state index is 12.3. The van der Waals surface area contributed by atoms with Crippen LogP contribution in [0.1, 0.15) is 19.3 Å². The highest BCUT2D eigenvalue weighted by Gasteiger charge is 2.32. The van der Waals surface area contributed by atoms with Crippen molar-refractivity contribution in [2.75, 3.05) is 11.9 Å². The molecule has 0 radical (unpaired) electrons. The number of amides is 1. The monoisotopic (exact) mass is 354 g/mol. The molecule has 0 aliphatic rings. The van der Waals surface area contributed by atoms with Crippen LogP contribution in [0.25, 0.3) is 0 Å². The third kappa shape index (κ3) is 6.25. The van der Waals surface area contributed by atoms with Crippen molar-refractivity contribution in [2.24, 2.45) is 5.73 Å². The normalized spacial score (nSPS) is 11.2. The molecule has 0 aliphatic heterocycles. The van der Waals surface area contributed by atoms with E-state index in [0.717, 1.165) is 6.07 Å². The van der Waals surface area contributed by atoms with Gasteiger partial charge in [0, 0.05) is 10.9 Å². The van der Waals surface area contributed by atoms with Gasteiger partial charge in [0.15, 0.2) is 5.75 Å². The molecule has 0 aliphatic carbocycles. The number of unbranched alkanes of at least 4 members (excludes halogenated alkanes) is 1. The fourth-order valence-electron chi connectivity index (χ4n) is 1.45. The largest absolute Gasteiger partial charge is 0.573 e. The number of hydrogen-bond acceptors (Lipinski definition) is 3. The van der Waals surface area contributed by atoms with E-state index in [1.165, 1.54) is 12.1 Å². The van der Waals surface area contributed by atoms with Gasteiger partial charge in [-0.2, -0.15) is 0 Å². The van der Waals surface area contributed by atoms with Crippen molar-refractivity contribution in [1.29, 1.82) is 0 Å². The van der Waals surface area contributed by atoms with E-state index < -0.39 is 12.1 Å². The van der Waals surface area contributed by atoms with Crippen LogP contribution < -0.4 is 15.8 Å². The molecule has 1 amide bonds. The van der Waals surface area contributed by atoms with Crippen LogP contribution in [0.15, 0.2) is 22.7 Å². The summed E-state index contributed by atoms with van der Waals surface area (Å²) in [6, 6.07) is 3.99. The second-order valence-corrected chi connectivity index (χ2v) is 4.90. The van der Waals surface area contributed by atoms with Gasteiger partial charge < -0.3 is 15.8 Å². The Hall–Kier alpha value is -1.28. The molecule has 0 fully saturated rings. The number of carbonyl (C=O) groups is 1. The quantitative estimate of drug-likeness (QED) is 0.769. The Morgan fingerprint density at radius 3 is 2.65 bits per heavy atom. The molecule has 0 spiro atoms. The van der Waals surface area contributed by atoms with Gasteiger partial charge in [-0.1, -0.05) is 15.9 Å². The van der Waals surface area contributed by atoms with Gasteiger partial charge in [0.1, 0.15) is 0 Å². The highest BCUT2D eigenvalue weighted by Crippen LogP contribution is 2.33. The van der Waals surface area contributed by atoms with Gasteiger partial charge in [-0.25, -0.2) is 0 Å². The van der Waals surface area contributed by atoms with Crippen molar-refractivity contribution in [2.45, 2.75) is 25.6 Å². The first-order valence-electron chi connectivity index (χ1n) is 5.87. The van der Waals surface area contributed by atoms with E-state index >= 15 is 0 Å². The molecule has 0 aromatic heterocycles. The summed E-state index contributed by atoms with van der Waals surface area (Å²) in [6.07, 6.45) is -3.37. The molecule has 4 nitrogen and oxygen atoms in total. The van der Waals surface area contributed by atoms with Crippen LogP contribution in [0.4, 0.5) is 18.9 Å². The second-order valence-electron chi connectivity index (χ2n) is 3.98. The van der Waals surface area contributed by atoms with Crippen LogP contribution in [-0.2, 0) is 4.79 Å². The SMILES string of the molecule is NCCCCC(=O)Nc1ccc(Br)cc1OC(F)(F)F. The lowest BCUT2D eigenvalue weighted by Crippen LogP contribution is -2.19. The Kier molecular flexibility index (Phi) is 6.28. The number of benzene rings is 1. The highest BCUT2D eigenvalue weighted by atomic mass is 79.9. The molecule has 0 bridgehead atoms. The van der Waals surface area contributed by atoms with Crippen LogP contribution in [-0.4, -0.2) is 18.8 Å². The van der Waals surface area contributed by atoms with Gasteiger partial charge in [0.05, 0.1) is 5.69 Å². The molecule has 0 atom stereocenters. The first-order chi connectivity index (χ1) is 9.31. The molecule has 0 saturated heterocycles. The molecule has 0 unspecified atom stereocenters. The number of nitrogens with one attached hydrogen (secondary N) is 1.